The molecular weight excluding hydrogens is 378 g/mol. The Morgan fingerprint density at radius 3 is 2.52 bits per heavy atom. The van der Waals surface area contributed by atoms with E-state index in [1.807, 2.05) is 6.92 Å². The molecule has 1 aromatic heterocycles. The van der Waals surface area contributed by atoms with Crippen molar-refractivity contribution in [3.63, 3.8) is 0 Å². The highest BCUT2D eigenvalue weighted by Crippen LogP contribution is 2.47. The van der Waals surface area contributed by atoms with E-state index in [9.17, 15) is 0 Å². The molecule has 29 heavy (non-hydrogen) atoms. The van der Waals surface area contributed by atoms with E-state index in [0.29, 0.717) is 17.5 Å². The molecule has 5 heterocycles. The van der Waals surface area contributed by atoms with Gasteiger partial charge in [-0.25, -0.2) is 4.98 Å². The van der Waals surface area contributed by atoms with Gasteiger partial charge in [-0.05, 0) is 76.6 Å². The second kappa shape index (κ2) is 6.95. The molecule has 0 saturated carbocycles. The Kier molecular flexibility index (Phi) is 4.34. The summed E-state index contributed by atoms with van der Waals surface area (Å²) in [5, 5.41) is 4.79. The average molecular weight is 410 g/mol. The predicted molar refractivity (Wildman–Crippen MR) is 119 cm³/mol. The summed E-state index contributed by atoms with van der Waals surface area (Å²) in [4.78, 5) is 10.2. The lowest BCUT2D eigenvalue weighted by atomic mass is 9.68. The smallest absolute Gasteiger partial charge is 0.205 e. The Hall–Kier alpha value is -1.66. The molecule has 0 amide bonds. The van der Waals surface area contributed by atoms with Crippen LogP contribution in [0.15, 0.2) is 24.3 Å². The van der Waals surface area contributed by atoms with Crippen LogP contribution >= 0.6 is 11.5 Å². The fraction of sp³-hybridized carbons (Fsp3) is 0.652. The van der Waals surface area contributed by atoms with Gasteiger partial charge in [-0.15, -0.1) is 0 Å². The number of aryl methyl sites for hydroxylation is 1. The first-order valence-corrected chi connectivity index (χ1v) is 12.2. The molecule has 6 heteroatoms. The molecule has 4 aliphatic rings. The second-order valence-electron chi connectivity index (χ2n) is 9.58. The molecule has 2 aromatic rings. The number of hydrogen-bond acceptors (Lipinski definition) is 6. The third-order valence-corrected chi connectivity index (χ3v) is 8.96. The lowest BCUT2D eigenvalue weighted by Gasteiger charge is -2.50. The number of aromatic nitrogens is 2. The Balaban J connectivity index is 1.15. The number of para-hydroxylation sites is 1. The first kappa shape index (κ1) is 18.1. The number of nitrogens with zero attached hydrogens (tertiary/aromatic N) is 4. The standard InChI is InChI=1S/C23H31N5S/c1-16-25-22(29-26-16)28-17-6-7-18(28)15-19(14-17)27-12-9-23(10-13-27)8-11-24-21-5-3-2-4-20(21)23/h2-5,17-19,24H,6-15H2,1H3. The molecule has 0 radical (unpaired) electrons. The van der Waals surface area contributed by atoms with E-state index in [0.717, 1.165) is 23.5 Å². The van der Waals surface area contributed by atoms with Crippen molar-refractivity contribution in [1.82, 2.24) is 14.3 Å². The van der Waals surface area contributed by atoms with Gasteiger partial charge in [0.15, 0.2) is 0 Å². The van der Waals surface area contributed by atoms with Crippen LogP contribution in [-0.4, -0.2) is 52.0 Å². The third-order valence-electron chi connectivity index (χ3n) is 8.13. The number of rotatable bonds is 2. The Labute approximate surface area is 177 Å². The normalized spacial score (nSPS) is 30.9. The zero-order valence-corrected chi connectivity index (χ0v) is 18.1. The summed E-state index contributed by atoms with van der Waals surface area (Å²) in [7, 11) is 0. The lowest BCUT2D eigenvalue weighted by Crippen LogP contribution is -2.54. The SMILES string of the molecule is Cc1nsc(N2C3CCC2CC(N2CCC4(CCNc5ccccc54)CC2)C3)n1. The summed E-state index contributed by atoms with van der Waals surface area (Å²) in [5.74, 6) is 0.926. The molecule has 2 bridgehead atoms. The van der Waals surface area contributed by atoms with E-state index in [1.165, 1.54) is 63.7 Å². The maximum atomic E-state index is 4.70. The van der Waals surface area contributed by atoms with Gasteiger partial charge in [0.25, 0.3) is 0 Å². The summed E-state index contributed by atoms with van der Waals surface area (Å²) in [6.45, 7) is 5.66. The molecule has 0 aliphatic carbocycles. The number of piperidine rings is 2. The lowest BCUT2D eigenvalue weighted by molar-refractivity contribution is 0.0874. The summed E-state index contributed by atoms with van der Waals surface area (Å²) >= 11 is 1.59. The average Bonchev–Trinajstić information content (AvgIpc) is 3.28. The Morgan fingerprint density at radius 1 is 1.03 bits per heavy atom. The van der Waals surface area contributed by atoms with Gasteiger partial charge in [0.05, 0.1) is 0 Å². The van der Waals surface area contributed by atoms with E-state index in [4.69, 9.17) is 4.98 Å². The Morgan fingerprint density at radius 2 is 1.79 bits per heavy atom. The van der Waals surface area contributed by atoms with Crippen molar-refractivity contribution in [2.45, 2.75) is 75.4 Å². The molecule has 1 aromatic carbocycles. The minimum Gasteiger partial charge on any atom is -0.385 e. The van der Waals surface area contributed by atoms with E-state index in [2.05, 4.69) is 43.8 Å². The number of fused-ring (bicyclic) bond motifs is 4. The van der Waals surface area contributed by atoms with Crippen LogP contribution in [-0.2, 0) is 5.41 Å². The van der Waals surface area contributed by atoms with Crippen molar-refractivity contribution in [3.05, 3.63) is 35.7 Å². The molecule has 2 atom stereocenters. The van der Waals surface area contributed by atoms with Gasteiger partial charge < -0.3 is 15.1 Å². The van der Waals surface area contributed by atoms with Crippen molar-refractivity contribution in [1.29, 1.82) is 0 Å². The fourth-order valence-electron chi connectivity index (χ4n) is 6.66. The topological polar surface area (TPSA) is 44.3 Å². The highest BCUT2D eigenvalue weighted by atomic mass is 32.1. The van der Waals surface area contributed by atoms with Crippen LogP contribution in [0.25, 0.3) is 0 Å². The van der Waals surface area contributed by atoms with Gasteiger partial charge in [-0.3, -0.25) is 0 Å². The number of likely N-dealkylation sites (tertiary alicyclic amines) is 1. The summed E-state index contributed by atoms with van der Waals surface area (Å²) in [6.07, 6.45) is 9.19. The van der Waals surface area contributed by atoms with Gasteiger partial charge in [0.1, 0.15) is 5.82 Å². The zero-order valence-electron chi connectivity index (χ0n) is 17.3. The minimum atomic E-state index is 0.405. The van der Waals surface area contributed by atoms with Gasteiger partial charge in [0.2, 0.25) is 5.13 Å². The van der Waals surface area contributed by atoms with Crippen molar-refractivity contribution >= 4 is 22.4 Å². The van der Waals surface area contributed by atoms with Crippen molar-refractivity contribution in [2.75, 3.05) is 29.9 Å². The Bertz CT molecular complexity index is 873. The molecule has 4 aliphatic heterocycles. The van der Waals surface area contributed by atoms with E-state index >= 15 is 0 Å². The fourth-order valence-corrected chi connectivity index (χ4v) is 7.48. The number of anilines is 2. The minimum absolute atomic E-state index is 0.405. The highest BCUT2D eigenvalue weighted by molar-refractivity contribution is 7.09. The van der Waals surface area contributed by atoms with Crippen LogP contribution < -0.4 is 10.2 Å². The molecule has 3 saturated heterocycles. The maximum Gasteiger partial charge on any atom is 0.205 e. The number of benzene rings is 1. The molecule has 154 valence electrons. The van der Waals surface area contributed by atoms with Crippen molar-refractivity contribution < 1.29 is 0 Å². The van der Waals surface area contributed by atoms with Crippen molar-refractivity contribution in [2.24, 2.45) is 0 Å². The van der Waals surface area contributed by atoms with E-state index in [1.54, 1.807) is 17.1 Å². The number of nitrogens with one attached hydrogen (secondary N) is 1. The molecule has 3 fully saturated rings. The molecule has 1 spiro atoms. The molecule has 1 N–H and O–H groups in total. The van der Waals surface area contributed by atoms with Crippen LogP contribution in [0.4, 0.5) is 10.8 Å². The van der Waals surface area contributed by atoms with Crippen LogP contribution in [0.5, 0.6) is 0 Å². The largest absolute Gasteiger partial charge is 0.385 e. The zero-order chi connectivity index (χ0) is 19.4. The van der Waals surface area contributed by atoms with Crippen LogP contribution in [0.1, 0.15) is 56.3 Å². The van der Waals surface area contributed by atoms with Gasteiger partial charge in [-0.1, -0.05) is 18.2 Å². The molecule has 5 nitrogen and oxygen atoms in total. The van der Waals surface area contributed by atoms with Crippen molar-refractivity contribution in [3.8, 4) is 0 Å². The summed E-state index contributed by atoms with van der Waals surface area (Å²) in [6, 6.07) is 11.1. The molecular formula is C23H31N5S. The van der Waals surface area contributed by atoms with Gasteiger partial charge in [-0.2, -0.15) is 4.37 Å². The monoisotopic (exact) mass is 409 g/mol. The van der Waals surface area contributed by atoms with Gasteiger partial charge >= 0.3 is 0 Å². The second-order valence-corrected chi connectivity index (χ2v) is 10.3. The summed E-state index contributed by atoms with van der Waals surface area (Å²) < 4.78 is 4.44. The third kappa shape index (κ3) is 2.98. The molecule has 2 unspecified atom stereocenters. The predicted octanol–water partition coefficient (Wildman–Crippen LogP) is 4.20. The first-order chi connectivity index (χ1) is 14.2. The van der Waals surface area contributed by atoms with Gasteiger partial charge in [0, 0.05) is 47.3 Å². The van der Waals surface area contributed by atoms with E-state index < -0.39 is 0 Å². The number of hydrogen-bond donors (Lipinski definition) is 1. The van der Waals surface area contributed by atoms with Crippen LogP contribution in [0, 0.1) is 6.92 Å². The van der Waals surface area contributed by atoms with Crippen LogP contribution in [0.2, 0.25) is 0 Å². The summed E-state index contributed by atoms with van der Waals surface area (Å²) in [5.41, 5.74) is 3.36. The maximum absolute atomic E-state index is 4.70. The highest BCUT2D eigenvalue weighted by Gasteiger charge is 2.46. The first-order valence-electron chi connectivity index (χ1n) is 11.4. The molecule has 6 rings (SSSR count). The quantitative estimate of drug-likeness (QED) is 0.805. The van der Waals surface area contributed by atoms with E-state index in [-0.39, 0.29) is 0 Å². The van der Waals surface area contributed by atoms with Crippen LogP contribution in [0.3, 0.4) is 0 Å².